The van der Waals surface area contributed by atoms with Crippen molar-refractivity contribution >= 4 is 28.9 Å². The van der Waals surface area contributed by atoms with Crippen LogP contribution < -0.4 is 4.90 Å². The molecule has 1 aliphatic heterocycles. The molecule has 2 aliphatic rings. The van der Waals surface area contributed by atoms with Crippen LogP contribution in [0.25, 0.3) is 10.4 Å². The summed E-state index contributed by atoms with van der Waals surface area (Å²) in [7, 11) is 1.67. The maximum absolute atomic E-state index is 13.9. The van der Waals surface area contributed by atoms with Crippen molar-refractivity contribution in [2.24, 2.45) is 11.8 Å². The Kier molecular flexibility index (Phi) is 7.28. The third-order valence-corrected chi connectivity index (χ3v) is 8.04. The first-order valence-corrected chi connectivity index (χ1v) is 12.3. The van der Waals surface area contributed by atoms with Gasteiger partial charge in [-0.05, 0) is 56.1 Å². The number of aromatic carboxylic acids is 1. The van der Waals surface area contributed by atoms with Crippen molar-refractivity contribution in [3.63, 3.8) is 0 Å². The number of piperidine rings is 1. The molecule has 172 valence electrons. The second-order valence-electron chi connectivity index (χ2n) is 9.00. The summed E-state index contributed by atoms with van der Waals surface area (Å²) >= 11 is 1.25. The van der Waals surface area contributed by atoms with Gasteiger partial charge in [0, 0.05) is 29.9 Å². The normalized spacial score (nSPS) is 22.6. The van der Waals surface area contributed by atoms with Crippen molar-refractivity contribution in [3.8, 4) is 10.4 Å². The molecule has 1 saturated heterocycles. The van der Waals surface area contributed by atoms with Gasteiger partial charge < -0.3 is 14.8 Å². The Morgan fingerprint density at radius 1 is 1.06 bits per heavy atom. The Morgan fingerprint density at radius 2 is 1.72 bits per heavy atom. The van der Waals surface area contributed by atoms with Crippen LogP contribution in [0.5, 0.6) is 0 Å². The molecule has 4 rings (SSSR count). The molecule has 0 unspecified atom stereocenters. The van der Waals surface area contributed by atoms with E-state index in [1.807, 2.05) is 46.4 Å². The quantitative estimate of drug-likeness (QED) is 0.639. The minimum atomic E-state index is -0.975. The summed E-state index contributed by atoms with van der Waals surface area (Å²) < 4.78 is 0. The van der Waals surface area contributed by atoms with Gasteiger partial charge in [-0.1, -0.05) is 37.3 Å². The molecule has 0 bridgehead atoms. The third-order valence-electron chi connectivity index (χ3n) is 6.87. The van der Waals surface area contributed by atoms with Gasteiger partial charge in [0.15, 0.2) is 0 Å². The van der Waals surface area contributed by atoms with Crippen LogP contribution in [0.15, 0.2) is 36.4 Å². The first kappa shape index (κ1) is 23.0. The number of nitrogens with zero attached hydrogens (tertiary/aromatic N) is 2. The van der Waals surface area contributed by atoms with E-state index in [9.17, 15) is 14.7 Å². The highest BCUT2D eigenvalue weighted by Crippen LogP contribution is 2.41. The summed E-state index contributed by atoms with van der Waals surface area (Å²) in [6.07, 6.45) is 5.39. The number of carboxylic acids is 1. The van der Waals surface area contributed by atoms with E-state index in [1.165, 1.54) is 11.3 Å². The minimum absolute atomic E-state index is 0.0235. The van der Waals surface area contributed by atoms with Crippen molar-refractivity contribution in [2.45, 2.75) is 51.5 Å². The smallest absolute Gasteiger partial charge is 0.348 e. The lowest BCUT2D eigenvalue weighted by atomic mass is 9.82. The second kappa shape index (κ2) is 10.1. The van der Waals surface area contributed by atoms with Crippen LogP contribution in [0.2, 0.25) is 0 Å². The van der Waals surface area contributed by atoms with Gasteiger partial charge >= 0.3 is 5.97 Å². The maximum Gasteiger partial charge on any atom is 0.348 e. The molecule has 2 aromatic rings. The van der Waals surface area contributed by atoms with Crippen molar-refractivity contribution in [3.05, 3.63) is 41.3 Å². The zero-order chi connectivity index (χ0) is 22.7. The number of hydrogen-bond donors (Lipinski definition) is 1. The SMILES string of the molecule is CON1CCC(N(C(=O)C2CCC(C)CC2)c2cc(-c3ccccc3)sc2C(=O)O)CC1. The Balaban J connectivity index is 1.71. The minimum Gasteiger partial charge on any atom is -0.477 e. The van der Waals surface area contributed by atoms with Crippen LogP contribution >= 0.6 is 11.3 Å². The van der Waals surface area contributed by atoms with Gasteiger partial charge in [0.25, 0.3) is 0 Å². The number of carbonyl (C=O) groups is 2. The molecular formula is C25H32N2O4S. The Morgan fingerprint density at radius 3 is 2.31 bits per heavy atom. The molecule has 0 atom stereocenters. The van der Waals surface area contributed by atoms with Gasteiger partial charge in [0.05, 0.1) is 12.8 Å². The van der Waals surface area contributed by atoms with Crippen LogP contribution in [0.1, 0.15) is 55.1 Å². The van der Waals surface area contributed by atoms with E-state index in [0.717, 1.165) is 62.1 Å². The zero-order valence-electron chi connectivity index (χ0n) is 18.8. The van der Waals surface area contributed by atoms with Crippen molar-refractivity contribution in [2.75, 3.05) is 25.1 Å². The van der Waals surface area contributed by atoms with Crippen LogP contribution in [0.3, 0.4) is 0 Å². The van der Waals surface area contributed by atoms with E-state index in [-0.39, 0.29) is 22.7 Å². The van der Waals surface area contributed by atoms with Crippen molar-refractivity contribution in [1.29, 1.82) is 0 Å². The van der Waals surface area contributed by atoms with Gasteiger partial charge in [-0.15, -0.1) is 11.3 Å². The number of amides is 1. The zero-order valence-corrected chi connectivity index (χ0v) is 19.6. The summed E-state index contributed by atoms with van der Waals surface area (Å²) in [6, 6.07) is 11.7. The molecule has 1 aromatic heterocycles. The molecular weight excluding hydrogens is 424 g/mol. The fourth-order valence-electron chi connectivity index (χ4n) is 4.94. The van der Waals surface area contributed by atoms with Gasteiger partial charge in [0.1, 0.15) is 4.88 Å². The molecule has 1 saturated carbocycles. The number of carbonyl (C=O) groups excluding carboxylic acids is 1. The molecule has 2 heterocycles. The Bertz CT molecular complexity index is 929. The van der Waals surface area contributed by atoms with Crippen molar-refractivity contribution in [1.82, 2.24) is 5.06 Å². The Hall–Kier alpha value is -2.22. The van der Waals surface area contributed by atoms with Crippen LogP contribution in [0.4, 0.5) is 5.69 Å². The fraction of sp³-hybridized carbons (Fsp3) is 0.520. The average molecular weight is 457 g/mol. The number of carboxylic acid groups (broad SMARTS) is 1. The largest absolute Gasteiger partial charge is 0.477 e. The highest BCUT2D eigenvalue weighted by Gasteiger charge is 2.37. The molecule has 7 heteroatoms. The lowest BCUT2D eigenvalue weighted by Crippen LogP contribution is -2.50. The monoisotopic (exact) mass is 456 g/mol. The first-order valence-electron chi connectivity index (χ1n) is 11.5. The van der Waals surface area contributed by atoms with Gasteiger partial charge in [-0.25, -0.2) is 4.79 Å². The number of rotatable bonds is 6. The molecule has 32 heavy (non-hydrogen) atoms. The molecule has 6 nitrogen and oxygen atoms in total. The third kappa shape index (κ3) is 4.90. The number of benzene rings is 1. The second-order valence-corrected chi connectivity index (χ2v) is 10.1. The van der Waals surface area contributed by atoms with E-state index in [0.29, 0.717) is 11.6 Å². The molecule has 1 aliphatic carbocycles. The van der Waals surface area contributed by atoms with Crippen molar-refractivity contribution < 1.29 is 19.5 Å². The maximum atomic E-state index is 13.9. The predicted molar refractivity (Wildman–Crippen MR) is 127 cm³/mol. The number of hydroxylamine groups is 2. The van der Waals surface area contributed by atoms with E-state index in [2.05, 4.69) is 6.92 Å². The topological polar surface area (TPSA) is 70.1 Å². The molecule has 1 aromatic carbocycles. The van der Waals surface area contributed by atoms with Gasteiger partial charge in [-0.2, -0.15) is 5.06 Å². The molecule has 2 fully saturated rings. The summed E-state index contributed by atoms with van der Waals surface area (Å²) in [5, 5.41) is 11.9. The number of anilines is 1. The molecule has 0 spiro atoms. The average Bonchev–Trinajstić information content (AvgIpc) is 3.26. The number of hydrogen-bond acceptors (Lipinski definition) is 5. The summed E-state index contributed by atoms with van der Waals surface area (Å²) in [6.45, 7) is 3.70. The van der Waals surface area contributed by atoms with E-state index in [4.69, 9.17) is 4.84 Å². The van der Waals surface area contributed by atoms with E-state index >= 15 is 0 Å². The fourth-order valence-corrected chi connectivity index (χ4v) is 5.93. The van der Waals surface area contributed by atoms with Crippen LogP contribution in [-0.4, -0.2) is 48.3 Å². The summed E-state index contributed by atoms with van der Waals surface area (Å²) in [5.41, 5.74) is 1.53. The van der Waals surface area contributed by atoms with Crippen LogP contribution in [0, 0.1) is 11.8 Å². The standard InChI is InChI=1S/C25H32N2O4S/c1-17-8-10-19(11-9-17)24(28)27(20-12-14-26(31-2)15-13-20)21-16-22(32-23(21)25(29)30)18-6-4-3-5-7-18/h3-7,16-17,19-20H,8-15H2,1-2H3,(H,29,30). The number of thiophene rings is 1. The lowest BCUT2D eigenvalue weighted by molar-refractivity contribution is -0.145. The first-order chi connectivity index (χ1) is 15.5. The van der Waals surface area contributed by atoms with Crippen LogP contribution in [-0.2, 0) is 9.63 Å². The van der Waals surface area contributed by atoms with E-state index in [1.54, 1.807) is 7.11 Å². The van der Waals surface area contributed by atoms with Gasteiger partial charge in [-0.3, -0.25) is 4.79 Å². The predicted octanol–water partition coefficient (Wildman–Crippen LogP) is 5.30. The molecule has 1 amide bonds. The lowest BCUT2D eigenvalue weighted by Gasteiger charge is -2.40. The summed E-state index contributed by atoms with van der Waals surface area (Å²) in [5.74, 6) is -0.268. The highest BCUT2D eigenvalue weighted by atomic mass is 32.1. The summed E-state index contributed by atoms with van der Waals surface area (Å²) in [4.78, 5) is 34.5. The van der Waals surface area contributed by atoms with Gasteiger partial charge in [0.2, 0.25) is 5.91 Å². The van der Waals surface area contributed by atoms with E-state index < -0.39 is 5.97 Å². The highest BCUT2D eigenvalue weighted by molar-refractivity contribution is 7.18. The Labute approximate surface area is 193 Å². The molecule has 1 N–H and O–H groups in total. The molecule has 0 radical (unpaired) electrons.